The third-order valence-corrected chi connectivity index (χ3v) is 2.78. The van der Waals surface area contributed by atoms with E-state index in [-0.39, 0.29) is 0 Å². The summed E-state index contributed by atoms with van der Waals surface area (Å²) in [5, 5.41) is 10.1. The van der Waals surface area contributed by atoms with E-state index in [0.29, 0.717) is 35.8 Å². The average molecular weight is 240 g/mol. The number of aliphatic hydroxyl groups is 1. The summed E-state index contributed by atoms with van der Waals surface area (Å²) in [6.45, 7) is 5.64. The van der Waals surface area contributed by atoms with Crippen LogP contribution in [-0.4, -0.2) is 18.3 Å². The summed E-state index contributed by atoms with van der Waals surface area (Å²) in [7, 11) is 0. The summed E-state index contributed by atoms with van der Waals surface area (Å²) in [5.41, 5.74) is -0.0315. The number of benzene rings is 1. The summed E-state index contributed by atoms with van der Waals surface area (Å²) < 4.78 is 24.3. The molecule has 0 bridgehead atoms. The van der Waals surface area contributed by atoms with Gasteiger partial charge in [-0.05, 0) is 38.5 Å². The summed E-state index contributed by atoms with van der Waals surface area (Å²) >= 11 is 0. The second kappa shape index (κ2) is 4.18. The van der Waals surface area contributed by atoms with E-state index < -0.39 is 11.8 Å². The first-order valence-electron chi connectivity index (χ1n) is 5.70. The van der Waals surface area contributed by atoms with Gasteiger partial charge in [0.15, 0.2) is 11.5 Å². The van der Waals surface area contributed by atoms with Crippen molar-refractivity contribution in [1.82, 2.24) is 0 Å². The van der Waals surface area contributed by atoms with E-state index in [1.54, 1.807) is 26.0 Å². The lowest BCUT2D eigenvalue weighted by Gasteiger charge is -2.27. The largest absolute Gasteiger partial charge is 0.486 e. The molecule has 1 aliphatic heterocycles. The highest BCUT2D eigenvalue weighted by molar-refractivity contribution is 5.52. The molecule has 1 aromatic rings. The van der Waals surface area contributed by atoms with E-state index in [1.165, 1.54) is 6.92 Å². The van der Waals surface area contributed by atoms with Gasteiger partial charge < -0.3 is 14.6 Å². The van der Waals surface area contributed by atoms with E-state index in [0.717, 1.165) is 0 Å². The molecule has 0 saturated heterocycles. The van der Waals surface area contributed by atoms with Crippen LogP contribution in [-0.2, 0) is 5.60 Å². The Labute approximate surface area is 100 Å². The first-order chi connectivity index (χ1) is 7.89. The Kier molecular flexibility index (Phi) is 3.00. The third-order valence-electron chi connectivity index (χ3n) is 2.78. The van der Waals surface area contributed by atoms with Gasteiger partial charge in [0, 0.05) is 5.56 Å². The van der Waals surface area contributed by atoms with Crippen molar-refractivity contribution in [3.63, 3.8) is 0 Å². The van der Waals surface area contributed by atoms with Crippen LogP contribution in [0.5, 0.6) is 11.5 Å². The molecule has 4 heteroatoms. The number of hydrogen-bond acceptors (Lipinski definition) is 3. The predicted octanol–water partition coefficient (Wildman–Crippen LogP) is 2.72. The molecule has 1 aromatic carbocycles. The van der Waals surface area contributed by atoms with E-state index in [2.05, 4.69) is 0 Å². The van der Waals surface area contributed by atoms with Gasteiger partial charge in [-0.3, -0.25) is 0 Å². The van der Waals surface area contributed by atoms with Gasteiger partial charge in [-0.25, -0.2) is 4.39 Å². The Hall–Kier alpha value is -1.29. The van der Waals surface area contributed by atoms with E-state index >= 15 is 0 Å². The highest BCUT2D eigenvalue weighted by Crippen LogP contribution is 2.41. The molecule has 0 fully saturated rings. The fourth-order valence-electron chi connectivity index (χ4n) is 1.86. The van der Waals surface area contributed by atoms with Crippen LogP contribution in [0.1, 0.15) is 38.1 Å². The van der Waals surface area contributed by atoms with Crippen LogP contribution < -0.4 is 9.47 Å². The Bertz CT molecular complexity index is 421. The average Bonchev–Trinajstić information content (AvgIpc) is 2.26. The Morgan fingerprint density at radius 1 is 1.29 bits per heavy atom. The number of alkyl halides is 1. The van der Waals surface area contributed by atoms with Gasteiger partial charge in [0.2, 0.25) is 0 Å². The third kappa shape index (κ3) is 2.36. The number of fused-ring (bicyclic) bond motifs is 1. The van der Waals surface area contributed by atoms with Crippen LogP contribution >= 0.6 is 0 Å². The SMILES string of the molecule is CC(F)c1cc2c(c(C(C)(C)O)c1)OCCO2. The summed E-state index contributed by atoms with van der Waals surface area (Å²) in [6, 6.07) is 3.27. The normalized spacial score (nSPS) is 16.8. The van der Waals surface area contributed by atoms with E-state index in [4.69, 9.17) is 9.47 Å². The minimum absolute atomic E-state index is 0.445. The van der Waals surface area contributed by atoms with E-state index in [1.807, 2.05) is 0 Å². The topological polar surface area (TPSA) is 38.7 Å². The zero-order chi connectivity index (χ0) is 12.6. The number of halogens is 1. The number of rotatable bonds is 2. The molecular formula is C13H17FO3. The highest BCUT2D eigenvalue weighted by Gasteiger charge is 2.27. The van der Waals surface area contributed by atoms with Crippen LogP contribution in [0.2, 0.25) is 0 Å². The molecule has 0 saturated carbocycles. The van der Waals surface area contributed by atoms with Crippen molar-refractivity contribution in [1.29, 1.82) is 0 Å². The molecule has 1 unspecified atom stereocenters. The van der Waals surface area contributed by atoms with Crippen molar-refractivity contribution in [2.75, 3.05) is 13.2 Å². The molecule has 0 amide bonds. The van der Waals surface area contributed by atoms with Crippen LogP contribution in [0.25, 0.3) is 0 Å². The van der Waals surface area contributed by atoms with Gasteiger partial charge in [-0.15, -0.1) is 0 Å². The lowest BCUT2D eigenvalue weighted by atomic mass is 9.93. The highest BCUT2D eigenvalue weighted by atomic mass is 19.1. The van der Waals surface area contributed by atoms with Crippen LogP contribution in [0.15, 0.2) is 12.1 Å². The predicted molar refractivity (Wildman–Crippen MR) is 62.2 cm³/mol. The molecule has 1 heterocycles. The smallest absolute Gasteiger partial charge is 0.167 e. The molecule has 0 spiro atoms. The fourth-order valence-corrected chi connectivity index (χ4v) is 1.86. The molecular weight excluding hydrogens is 223 g/mol. The molecule has 0 radical (unpaired) electrons. The Morgan fingerprint density at radius 3 is 2.53 bits per heavy atom. The molecule has 1 N–H and O–H groups in total. The van der Waals surface area contributed by atoms with Crippen molar-refractivity contribution < 1.29 is 19.0 Å². The standard InChI is InChI=1S/C13H17FO3/c1-8(14)9-6-10(13(2,3)15)12-11(7-9)16-4-5-17-12/h6-8,15H,4-5H2,1-3H3. The lowest BCUT2D eigenvalue weighted by Crippen LogP contribution is -2.23. The minimum atomic E-state index is -1.10. The Balaban J connectivity index is 2.58. The van der Waals surface area contributed by atoms with Crippen LogP contribution in [0, 0.1) is 0 Å². The molecule has 2 rings (SSSR count). The second-order valence-electron chi connectivity index (χ2n) is 4.77. The maximum absolute atomic E-state index is 13.4. The monoisotopic (exact) mass is 240 g/mol. The summed E-state index contributed by atoms with van der Waals surface area (Å²) in [5.74, 6) is 1.03. The minimum Gasteiger partial charge on any atom is -0.486 e. The zero-order valence-electron chi connectivity index (χ0n) is 10.3. The first kappa shape index (κ1) is 12.2. The molecule has 0 aliphatic carbocycles. The molecule has 3 nitrogen and oxygen atoms in total. The van der Waals surface area contributed by atoms with Crippen molar-refractivity contribution in [2.24, 2.45) is 0 Å². The number of ether oxygens (including phenoxy) is 2. The maximum Gasteiger partial charge on any atom is 0.167 e. The van der Waals surface area contributed by atoms with Gasteiger partial charge in [-0.2, -0.15) is 0 Å². The first-order valence-corrected chi connectivity index (χ1v) is 5.70. The van der Waals surface area contributed by atoms with Gasteiger partial charge in [0.05, 0.1) is 5.60 Å². The van der Waals surface area contributed by atoms with Crippen molar-refractivity contribution >= 4 is 0 Å². The van der Waals surface area contributed by atoms with Crippen molar-refractivity contribution in [3.05, 3.63) is 23.3 Å². The second-order valence-corrected chi connectivity index (χ2v) is 4.77. The lowest BCUT2D eigenvalue weighted by molar-refractivity contribution is 0.0700. The van der Waals surface area contributed by atoms with Crippen molar-refractivity contribution in [2.45, 2.75) is 32.5 Å². The zero-order valence-corrected chi connectivity index (χ0v) is 10.3. The Morgan fingerprint density at radius 2 is 1.94 bits per heavy atom. The fraction of sp³-hybridized carbons (Fsp3) is 0.538. The van der Waals surface area contributed by atoms with Crippen molar-refractivity contribution in [3.8, 4) is 11.5 Å². The van der Waals surface area contributed by atoms with Crippen LogP contribution in [0.4, 0.5) is 4.39 Å². The van der Waals surface area contributed by atoms with Gasteiger partial charge in [-0.1, -0.05) is 0 Å². The summed E-state index contributed by atoms with van der Waals surface area (Å²) in [6.07, 6.45) is -1.10. The van der Waals surface area contributed by atoms with Gasteiger partial charge >= 0.3 is 0 Å². The van der Waals surface area contributed by atoms with Gasteiger partial charge in [0.25, 0.3) is 0 Å². The number of hydrogen-bond donors (Lipinski definition) is 1. The molecule has 17 heavy (non-hydrogen) atoms. The van der Waals surface area contributed by atoms with Gasteiger partial charge in [0.1, 0.15) is 19.4 Å². The quantitative estimate of drug-likeness (QED) is 0.863. The molecule has 1 atom stereocenters. The summed E-state index contributed by atoms with van der Waals surface area (Å²) in [4.78, 5) is 0. The van der Waals surface area contributed by atoms with E-state index in [9.17, 15) is 9.50 Å². The molecule has 94 valence electrons. The molecule has 0 aromatic heterocycles. The molecule has 1 aliphatic rings. The van der Waals surface area contributed by atoms with Crippen LogP contribution in [0.3, 0.4) is 0 Å². The maximum atomic E-state index is 13.4.